The van der Waals surface area contributed by atoms with Crippen molar-refractivity contribution in [3.8, 4) is 17.2 Å². The largest absolute Gasteiger partial charge is 0.497 e. The minimum absolute atomic E-state index is 0.114. The van der Waals surface area contributed by atoms with E-state index in [0.717, 1.165) is 23.0 Å². The number of anilines is 2. The van der Waals surface area contributed by atoms with Gasteiger partial charge in [0.05, 0.1) is 12.9 Å². The van der Waals surface area contributed by atoms with E-state index in [1.54, 1.807) is 30.2 Å². The summed E-state index contributed by atoms with van der Waals surface area (Å²) in [6.45, 7) is 2.40. The van der Waals surface area contributed by atoms with Crippen LogP contribution in [0.15, 0.2) is 82.4 Å². The van der Waals surface area contributed by atoms with Gasteiger partial charge in [0.15, 0.2) is 0 Å². The zero-order valence-electron chi connectivity index (χ0n) is 21.2. The van der Waals surface area contributed by atoms with Gasteiger partial charge in [-0.05, 0) is 60.7 Å². The second-order valence-corrected chi connectivity index (χ2v) is 9.70. The van der Waals surface area contributed by atoms with Gasteiger partial charge in [-0.15, -0.1) is 10.2 Å². The lowest BCUT2D eigenvalue weighted by Crippen LogP contribution is -2.48. The molecule has 9 nitrogen and oxygen atoms in total. The van der Waals surface area contributed by atoms with Crippen molar-refractivity contribution >= 4 is 35.0 Å². The number of hydrogen-bond acceptors (Lipinski definition) is 8. The molecule has 1 aromatic heterocycles. The zero-order valence-corrected chi connectivity index (χ0v) is 22.0. The Morgan fingerprint density at radius 3 is 2.51 bits per heavy atom. The van der Waals surface area contributed by atoms with E-state index in [1.807, 2.05) is 42.5 Å². The van der Waals surface area contributed by atoms with E-state index in [0.29, 0.717) is 54.3 Å². The van der Waals surface area contributed by atoms with E-state index in [-0.39, 0.29) is 17.6 Å². The molecule has 200 valence electrons. The Hall–Kier alpha value is -4.38. The molecule has 0 bridgehead atoms. The fraction of sp³-hybridized carbons (Fsp3) is 0.214. The lowest BCUT2D eigenvalue weighted by atomic mass is 10.1. The number of rotatable bonds is 8. The quantitative estimate of drug-likeness (QED) is 0.320. The molecule has 0 saturated carbocycles. The topological polar surface area (TPSA) is 101 Å². The summed E-state index contributed by atoms with van der Waals surface area (Å²) in [4.78, 5) is 29.0. The Morgan fingerprint density at radius 1 is 1.00 bits per heavy atom. The average molecular weight is 548 g/mol. The van der Waals surface area contributed by atoms with Crippen LogP contribution in [0.4, 0.5) is 15.8 Å². The number of carbonyl (C=O) groups is 2. The van der Waals surface area contributed by atoms with Crippen molar-refractivity contribution in [3.63, 3.8) is 0 Å². The predicted molar refractivity (Wildman–Crippen MR) is 147 cm³/mol. The molecule has 0 atom stereocenters. The summed E-state index contributed by atoms with van der Waals surface area (Å²) < 4.78 is 24.4. The van der Waals surface area contributed by atoms with E-state index in [4.69, 9.17) is 9.15 Å². The fourth-order valence-electron chi connectivity index (χ4n) is 4.19. The molecule has 1 N–H and O–H groups in total. The molecule has 0 aliphatic carbocycles. The van der Waals surface area contributed by atoms with Crippen LogP contribution < -0.4 is 15.0 Å². The van der Waals surface area contributed by atoms with E-state index in [2.05, 4.69) is 20.4 Å². The molecule has 1 saturated heterocycles. The molecule has 5 rings (SSSR count). The summed E-state index contributed by atoms with van der Waals surface area (Å²) in [6, 6.07) is 20.6. The van der Waals surface area contributed by atoms with Crippen LogP contribution in [0.2, 0.25) is 0 Å². The van der Waals surface area contributed by atoms with Crippen molar-refractivity contribution in [1.29, 1.82) is 0 Å². The van der Waals surface area contributed by atoms with Crippen molar-refractivity contribution < 1.29 is 23.1 Å². The van der Waals surface area contributed by atoms with E-state index < -0.39 is 5.82 Å². The highest BCUT2D eigenvalue weighted by Gasteiger charge is 2.22. The van der Waals surface area contributed by atoms with Gasteiger partial charge in [-0.2, -0.15) is 0 Å². The number of halogens is 1. The maximum absolute atomic E-state index is 13.5. The Bertz CT molecular complexity index is 1450. The average Bonchev–Trinajstić information content (AvgIpc) is 3.46. The van der Waals surface area contributed by atoms with Crippen LogP contribution in [0.3, 0.4) is 0 Å². The number of benzene rings is 3. The van der Waals surface area contributed by atoms with Gasteiger partial charge >= 0.3 is 0 Å². The highest BCUT2D eigenvalue weighted by atomic mass is 32.2. The van der Waals surface area contributed by atoms with Gasteiger partial charge in [0.25, 0.3) is 11.1 Å². The first kappa shape index (κ1) is 26.2. The minimum Gasteiger partial charge on any atom is -0.497 e. The van der Waals surface area contributed by atoms with Crippen LogP contribution in [-0.2, 0) is 4.79 Å². The van der Waals surface area contributed by atoms with E-state index in [9.17, 15) is 14.0 Å². The third-order valence-corrected chi connectivity index (χ3v) is 7.02. The normalized spacial score (nSPS) is 13.3. The molecule has 0 spiro atoms. The second kappa shape index (κ2) is 12.0. The van der Waals surface area contributed by atoms with Gasteiger partial charge in [-0.1, -0.05) is 23.9 Å². The maximum atomic E-state index is 13.5. The molecule has 3 aromatic carbocycles. The van der Waals surface area contributed by atoms with Crippen molar-refractivity contribution in [2.75, 3.05) is 49.3 Å². The Labute approximate surface area is 229 Å². The molecule has 39 heavy (non-hydrogen) atoms. The first-order valence-electron chi connectivity index (χ1n) is 12.3. The monoisotopic (exact) mass is 547 g/mol. The maximum Gasteiger partial charge on any atom is 0.277 e. The number of methoxy groups -OCH3 is 1. The summed E-state index contributed by atoms with van der Waals surface area (Å²) >= 11 is 1.16. The van der Waals surface area contributed by atoms with Gasteiger partial charge in [-0.25, -0.2) is 4.39 Å². The molecule has 0 unspecified atom stereocenters. The Morgan fingerprint density at radius 2 is 1.77 bits per heavy atom. The standard InChI is InChI=1S/C28H26FN5O4S/c1-37-24-7-3-4-19(17-24)26-31-32-28(38-26)39-18-25(35)30-22-8-10-23(11-9-22)33-12-14-34(15-13-33)27(36)20-5-2-6-21(29)16-20/h2-11,16-17H,12-15,18H2,1H3,(H,30,35). The Balaban J connectivity index is 1.09. The van der Waals surface area contributed by atoms with Crippen molar-refractivity contribution in [2.24, 2.45) is 0 Å². The SMILES string of the molecule is COc1cccc(-c2nnc(SCC(=O)Nc3ccc(N4CCN(C(=O)c5cccc(F)c5)CC4)cc3)o2)c1. The van der Waals surface area contributed by atoms with Crippen LogP contribution in [0.5, 0.6) is 5.75 Å². The molecule has 4 aromatic rings. The van der Waals surface area contributed by atoms with Crippen LogP contribution in [0, 0.1) is 5.82 Å². The van der Waals surface area contributed by atoms with E-state index in [1.165, 1.54) is 12.1 Å². The smallest absolute Gasteiger partial charge is 0.277 e. The number of ether oxygens (including phenoxy) is 1. The van der Waals surface area contributed by atoms with Crippen molar-refractivity contribution in [1.82, 2.24) is 15.1 Å². The van der Waals surface area contributed by atoms with Gasteiger partial charge in [0.1, 0.15) is 11.6 Å². The number of thioether (sulfide) groups is 1. The van der Waals surface area contributed by atoms with Crippen LogP contribution in [0.25, 0.3) is 11.5 Å². The Kier molecular flexibility index (Phi) is 8.07. The summed E-state index contributed by atoms with van der Waals surface area (Å²) in [5, 5.41) is 11.2. The van der Waals surface area contributed by atoms with Crippen molar-refractivity contribution in [3.05, 3.63) is 84.2 Å². The number of nitrogens with zero attached hydrogens (tertiary/aromatic N) is 4. The number of nitrogens with one attached hydrogen (secondary N) is 1. The van der Waals surface area contributed by atoms with Crippen LogP contribution >= 0.6 is 11.8 Å². The fourth-order valence-corrected chi connectivity index (χ4v) is 4.76. The summed E-state index contributed by atoms with van der Waals surface area (Å²) in [5.41, 5.74) is 2.76. The second-order valence-electron chi connectivity index (χ2n) is 8.78. The molecule has 2 heterocycles. The highest BCUT2D eigenvalue weighted by Crippen LogP contribution is 2.26. The van der Waals surface area contributed by atoms with Gasteiger partial charge in [-0.3, -0.25) is 9.59 Å². The highest BCUT2D eigenvalue weighted by molar-refractivity contribution is 7.99. The third kappa shape index (κ3) is 6.55. The molecule has 1 aliphatic heterocycles. The molecule has 11 heteroatoms. The van der Waals surface area contributed by atoms with Crippen molar-refractivity contribution in [2.45, 2.75) is 5.22 Å². The molecule has 2 amide bonds. The van der Waals surface area contributed by atoms with Crippen LogP contribution in [0.1, 0.15) is 10.4 Å². The van der Waals surface area contributed by atoms with Gasteiger partial charge in [0.2, 0.25) is 11.8 Å². The van der Waals surface area contributed by atoms with Crippen LogP contribution in [-0.4, -0.2) is 66.0 Å². The molecule has 1 aliphatic rings. The number of piperazine rings is 1. The lowest BCUT2D eigenvalue weighted by molar-refractivity contribution is -0.113. The summed E-state index contributed by atoms with van der Waals surface area (Å²) in [5.74, 6) is 0.372. The minimum atomic E-state index is -0.418. The number of hydrogen-bond donors (Lipinski definition) is 1. The van der Waals surface area contributed by atoms with E-state index >= 15 is 0 Å². The predicted octanol–water partition coefficient (Wildman–Crippen LogP) is 4.58. The summed E-state index contributed by atoms with van der Waals surface area (Å²) in [6.07, 6.45) is 0. The zero-order chi connectivity index (χ0) is 27.2. The first-order valence-corrected chi connectivity index (χ1v) is 13.3. The molecule has 1 fully saturated rings. The number of aromatic nitrogens is 2. The number of carbonyl (C=O) groups excluding carboxylic acids is 2. The van der Waals surface area contributed by atoms with Gasteiger partial charge < -0.3 is 24.3 Å². The first-order chi connectivity index (χ1) is 19.0. The summed E-state index contributed by atoms with van der Waals surface area (Å²) in [7, 11) is 1.59. The molecular formula is C28H26FN5O4S. The number of amides is 2. The lowest BCUT2D eigenvalue weighted by Gasteiger charge is -2.36. The molecule has 0 radical (unpaired) electrons. The molecular weight excluding hydrogens is 521 g/mol. The third-order valence-electron chi connectivity index (χ3n) is 6.20. The van der Waals surface area contributed by atoms with Gasteiger partial charge in [0, 0.05) is 48.7 Å².